The smallest absolute Gasteiger partial charge is 0.333 e. The molecule has 0 aliphatic carbocycles. The molecule has 1 fully saturated rings. The molecule has 1 saturated heterocycles. The number of rotatable bonds is 7. The fraction of sp³-hybridized carbons (Fsp3) is 0.556. The van der Waals surface area contributed by atoms with Crippen LogP contribution >= 0.6 is 0 Å². The minimum absolute atomic E-state index is 0.230. The van der Waals surface area contributed by atoms with Gasteiger partial charge in [-0.2, -0.15) is 0 Å². The van der Waals surface area contributed by atoms with Crippen LogP contribution in [0, 0.1) is 5.92 Å². The molecule has 2 rings (SSSR count). The normalized spacial score (nSPS) is 20.3. The van der Waals surface area contributed by atoms with Gasteiger partial charge in [-0.1, -0.05) is 50.1 Å². The van der Waals surface area contributed by atoms with Crippen LogP contribution in [0.15, 0.2) is 30.3 Å². The van der Waals surface area contributed by atoms with Gasteiger partial charge in [-0.05, 0) is 18.4 Å². The SMILES string of the molecule is CCCC[C@@H](C(=O)N1CCC(c2ccccc2)C1)[C@H](O)C(=O)O. The van der Waals surface area contributed by atoms with E-state index in [1.165, 1.54) is 5.56 Å². The lowest BCUT2D eigenvalue weighted by Gasteiger charge is -2.25. The maximum Gasteiger partial charge on any atom is 0.333 e. The van der Waals surface area contributed by atoms with Crippen molar-refractivity contribution in [3.05, 3.63) is 35.9 Å². The summed E-state index contributed by atoms with van der Waals surface area (Å²) in [6.07, 6.45) is 1.26. The van der Waals surface area contributed by atoms with Crippen LogP contribution < -0.4 is 0 Å². The maximum absolute atomic E-state index is 12.7. The van der Waals surface area contributed by atoms with Gasteiger partial charge < -0.3 is 15.1 Å². The highest BCUT2D eigenvalue weighted by Crippen LogP contribution is 2.29. The van der Waals surface area contributed by atoms with Crippen LogP contribution in [-0.2, 0) is 9.59 Å². The second kappa shape index (κ2) is 8.11. The van der Waals surface area contributed by atoms with Crippen LogP contribution in [0.25, 0.3) is 0 Å². The van der Waals surface area contributed by atoms with Crippen LogP contribution in [0.1, 0.15) is 44.1 Å². The monoisotopic (exact) mass is 319 g/mol. The molecule has 0 saturated carbocycles. The van der Waals surface area contributed by atoms with Crippen LogP contribution in [0.5, 0.6) is 0 Å². The van der Waals surface area contributed by atoms with E-state index in [2.05, 4.69) is 12.1 Å². The third kappa shape index (κ3) is 4.32. The van der Waals surface area contributed by atoms with E-state index >= 15 is 0 Å². The van der Waals surface area contributed by atoms with Crippen molar-refractivity contribution in [1.29, 1.82) is 0 Å². The highest BCUT2D eigenvalue weighted by molar-refractivity contribution is 5.86. The Morgan fingerprint density at radius 2 is 2.00 bits per heavy atom. The highest BCUT2D eigenvalue weighted by Gasteiger charge is 2.37. The number of nitrogens with zero attached hydrogens (tertiary/aromatic N) is 1. The van der Waals surface area contributed by atoms with Gasteiger partial charge in [-0.3, -0.25) is 4.79 Å². The van der Waals surface area contributed by atoms with Crippen molar-refractivity contribution in [2.24, 2.45) is 5.92 Å². The predicted octanol–water partition coefficient (Wildman–Crippen LogP) is 2.25. The number of carboxylic acids is 1. The van der Waals surface area contributed by atoms with Crippen molar-refractivity contribution < 1.29 is 19.8 Å². The molecule has 1 aliphatic rings. The Kier molecular flexibility index (Phi) is 6.16. The summed E-state index contributed by atoms with van der Waals surface area (Å²) in [7, 11) is 0. The van der Waals surface area contributed by atoms with Crippen molar-refractivity contribution >= 4 is 11.9 Å². The summed E-state index contributed by atoms with van der Waals surface area (Å²) in [6, 6.07) is 10.0. The van der Waals surface area contributed by atoms with Crippen LogP contribution in [0.2, 0.25) is 0 Å². The van der Waals surface area contributed by atoms with Crippen LogP contribution in [0.3, 0.4) is 0 Å². The first-order chi connectivity index (χ1) is 11.0. The minimum Gasteiger partial charge on any atom is -0.479 e. The van der Waals surface area contributed by atoms with Gasteiger partial charge in [0.1, 0.15) is 0 Å². The number of carboxylic acid groups (broad SMARTS) is 1. The average molecular weight is 319 g/mol. The Balaban J connectivity index is 2.04. The summed E-state index contributed by atoms with van der Waals surface area (Å²) in [5, 5.41) is 18.9. The molecule has 2 N–H and O–H groups in total. The number of carbonyl (C=O) groups is 2. The van der Waals surface area contributed by atoms with Crippen molar-refractivity contribution in [2.75, 3.05) is 13.1 Å². The van der Waals surface area contributed by atoms with E-state index in [1.54, 1.807) is 4.90 Å². The van der Waals surface area contributed by atoms with E-state index in [0.29, 0.717) is 19.5 Å². The van der Waals surface area contributed by atoms with Gasteiger partial charge in [0.15, 0.2) is 6.10 Å². The molecule has 0 spiro atoms. The third-order valence-electron chi connectivity index (χ3n) is 4.59. The Morgan fingerprint density at radius 3 is 2.61 bits per heavy atom. The Morgan fingerprint density at radius 1 is 1.30 bits per heavy atom. The first-order valence-corrected chi connectivity index (χ1v) is 8.29. The van der Waals surface area contributed by atoms with Gasteiger partial charge in [-0.25, -0.2) is 4.79 Å². The number of likely N-dealkylation sites (tertiary alicyclic amines) is 1. The lowest BCUT2D eigenvalue weighted by Crippen LogP contribution is -2.43. The minimum atomic E-state index is -1.62. The predicted molar refractivity (Wildman–Crippen MR) is 87.0 cm³/mol. The van der Waals surface area contributed by atoms with E-state index < -0.39 is 18.0 Å². The topological polar surface area (TPSA) is 77.8 Å². The molecular formula is C18H25NO4. The zero-order valence-corrected chi connectivity index (χ0v) is 13.5. The molecule has 0 aromatic heterocycles. The molecule has 23 heavy (non-hydrogen) atoms. The summed E-state index contributed by atoms with van der Waals surface area (Å²) >= 11 is 0. The number of aliphatic hydroxyl groups is 1. The second-order valence-corrected chi connectivity index (χ2v) is 6.21. The maximum atomic E-state index is 12.7. The number of amides is 1. The lowest BCUT2D eigenvalue weighted by atomic mass is 9.94. The molecule has 3 atom stereocenters. The molecule has 1 aromatic carbocycles. The largest absolute Gasteiger partial charge is 0.479 e. The van der Waals surface area contributed by atoms with E-state index in [-0.39, 0.29) is 11.8 Å². The van der Waals surface area contributed by atoms with Gasteiger partial charge in [0.05, 0.1) is 5.92 Å². The second-order valence-electron chi connectivity index (χ2n) is 6.21. The molecule has 5 nitrogen and oxygen atoms in total. The molecule has 0 radical (unpaired) electrons. The average Bonchev–Trinajstić information content (AvgIpc) is 3.05. The highest BCUT2D eigenvalue weighted by atomic mass is 16.4. The zero-order chi connectivity index (χ0) is 16.8. The quantitative estimate of drug-likeness (QED) is 0.808. The Bertz CT molecular complexity index is 531. The summed E-state index contributed by atoms with van der Waals surface area (Å²) in [5.41, 5.74) is 1.20. The molecule has 1 amide bonds. The molecule has 0 bridgehead atoms. The molecule has 1 aromatic rings. The molecule has 1 heterocycles. The van der Waals surface area contributed by atoms with Gasteiger partial charge >= 0.3 is 5.97 Å². The van der Waals surface area contributed by atoms with Crippen LogP contribution in [0.4, 0.5) is 0 Å². The van der Waals surface area contributed by atoms with E-state index in [4.69, 9.17) is 5.11 Å². The summed E-state index contributed by atoms with van der Waals surface area (Å²) < 4.78 is 0. The summed E-state index contributed by atoms with van der Waals surface area (Å²) in [4.78, 5) is 25.5. The lowest BCUT2D eigenvalue weighted by molar-refractivity contribution is -0.156. The fourth-order valence-corrected chi connectivity index (χ4v) is 3.20. The fourth-order valence-electron chi connectivity index (χ4n) is 3.20. The standard InChI is InChI=1S/C18H25NO4/c1-2-3-9-15(16(20)18(22)23)17(21)19-11-10-14(12-19)13-7-5-4-6-8-13/h4-8,14-16,20H,2-3,9-12H2,1H3,(H,22,23)/t14?,15-,16+/m1/s1. The number of benzene rings is 1. The zero-order valence-electron chi connectivity index (χ0n) is 13.5. The van der Waals surface area contributed by atoms with Gasteiger partial charge in [-0.15, -0.1) is 0 Å². The van der Waals surface area contributed by atoms with Crippen LogP contribution in [-0.4, -0.2) is 46.2 Å². The molecule has 126 valence electrons. The van der Waals surface area contributed by atoms with Gasteiger partial charge in [0.2, 0.25) is 5.91 Å². The summed E-state index contributed by atoms with van der Waals surface area (Å²) in [5.74, 6) is -2.11. The van der Waals surface area contributed by atoms with Crippen molar-refractivity contribution in [2.45, 2.75) is 44.6 Å². The molecule has 1 aliphatic heterocycles. The number of aliphatic hydroxyl groups excluding tert-OH is 1. The van der Waals surface area contributed by atoms with E-state index in [0.717, 1.165) is 19.3 Å². The van der Waals surface area contributed by atoms with Crippen molar-refractivity contribution in [1.82, 2.24) is 4.90 Å². The number of hydrogen-bond donors (Lipinski definition) is 2. The molecule has 1 unspecified atom stereocenters. The number of aliphatic carboxylic acids is 1. The Hall–Kier alpha value is -1.88. The number of unbranched alkanes of at least 4 members (excludes halogenated alkanes) is 1. The first kappa shape index (κ1) is 17.5. The number of hydrogen-bond acceptors (Lipinski definition) is 3. The van der Waals surface area contributed by atoms with Crippen molar-refractivity contribution in [3.8, 4) is 0 Å². The van der Waals surface area contributed by atoms with E-state index in [1.807, 2.05) is 25.1 Å². The van der Waals surface area contributed by atoms with Gasteiger partial charge in [0.25, 0.3) is 0 Å². The van der Waals surface area contributed by atoms with E-state index in [9.17, 15) is 14.7 Å². The molecular weight excluding hydrogens is 294 g/mol. The third-order valence-corrected chi connectivity index (χ3v) is 4.59. The number of carbonyl (C=O) groups excluding carboxylic acids is 1. The summed E-state index contributed by atoms with van der Waals surface area (Å²) in [6.45, 7) is 3.20. The molecule has 5 heteroatoms. The Labute approximate surface area is 136 Å². The first-order valence-electron chi connectivity index (χ1n) is 8.29. The van der Waals surface area contributed by atoms with Gasteiger partial charge in [0, 0.05) is 19.0 Å². The van der Waals surface area contributed by atoms with Crippen molar-refractivity contribution in [3.63, 3.8) is 0 Å².